The SMILES string of the molecule is CCCSc1nc(N[C@@H]2C[C@H]2C2C=C(F)C(F)=CC2)c2nnn([C@@H]3C[C@H](OCCO)C[C@H]3OC(C)(C)[OH2+])c2n1. The number of anilines is 1. The van der Waals surface area contributed by atoms with E-state index >= 15 is 0 Å². The summed E-state index contributed by atoms with van der Waals surface area (Å²) in [5, 5.41) is 30.5. The van der Waals surface area contributed by atoms with Crippen molar-refractivity contribution in [2.75, 3.05) is 24.3 Å². The number of aliphatic hydroxyl groups excluding tert-OH is 1. The minimum atomic E-state index is -1.11. The van der Waals surface area contributed by atoms with Gasteiger partial charge in [-0.25, -0.2) is 23.4 Å². The maximum Gasteiger partial charge on any atom is 0.267 e. The summed E-state index contributed by atoms with van der Waals surface area (Å²) in [7, 11) is 0. The molecule has 2 saturated carbocycles. The van der Waals surface area contributed by atoms with Crippen molar-refractivity contribution in [1.82, 2.24) is 25.0 Å². The molecule has 0 spiro atoms. The van der Waals surface area contributed by atoms with Crippen LogP contribution in [0, 0.1) is 11.8 Å². The number of aromatic nitrogens is 5. The molecule has 0 aromatic carbocycles. The zero-order valence-corrected chi connectivity index (χ0v) is 23.3. The second kappa shape index (κ2) is 11.7. The second-order valence-corrected chi connectivity index (χ2v) is 12.0. The lowest BCUT2D eigenvalue weighted by molar-refractivity contribution is -0.212. The molecule has 2 fully saturated rings. The van der Waals surface area contributed by atoms with Gasteiger partial charge in [0.25, 0.3) is 5.79 Å². The monoisotopic (exact) mass is 567 g/mol. The lowest BCUT2D eigenvalue weighted by atomic mass is 9.94. The standard InChI is InChI=1S/C26H36F2N6O4S/c1-4-9-39-25-30-23(29-19-13-16(19)14-5-6-17(27)18(28)10-14)22-24(31-25)34(33-32-22)20-11-15(37-8-7-35)12-21(20)38-26(2,3)36/h6,10,14-16,19-21,35-36H,4-5,7-9,11-13H2,1-3H3,(H,29,30,31)/p+1/t14?,15-,16-,19+,20+,21+/m0/s1. The average Bonchev–Trinajstić information content (AvgIpc) is 3.34. The van der Waals surface area contributed by atoms with Crippen LogP contribution < -0.4 is 5.32 Å². The molecule has 0 saturated heterocycles. The number of fused-ring (bicyclic) bond motifs is 1. The van der Waals surface area contributed by atoms with Crippen LogP contribution in [0.2, 0.25) is 0 Å². The van der Waals surface area contributed by atoms with Crippen LogP contribution in [0.5, 0.6) is 0 Å². The first-order chi connectivity index (χ1) is 18.7. The number of nitrogens with zero attached hydrogens (tertiary/aromatic N) is 5. The Kier molecular flexibility index (Phi) is 8.53. The zero-order valence-electron chi connectivity index (χ0n) is 22.4. The summed E-state index contributed by atoms with van der Waals surface area (Å²) in [6, 6.07) is -0.204. The normalized spacial score (nSPS) is 29.0. The van der Waals surface area contributed by atoms with Gasteiger partial charge in [-0.1, -0.05) is 23.9 Å². The molecule has 0 radical (unpaired) electrons. The van der Waals surface area contributed by atoms with Crippen molar-refractivity contribution >= 4 is 28.7 Å². The molecule has 5 rings (SSSR count). The van der Waals surface area contributed by atoms with Gasteiger partial charge in [-0.05, 0) is 49.7 Å². The van der Waals surface area contributed by atoms with Crippen molar-refractivity contribution in [3.05, 3.63) is 23.8 Å². The molecular weight excluding hydrogens is 530 g/mol. The van der Waals surface area contributed by atoms with E-state index in [1.807, 2.05) is 0 Å². The van der Waals surface area contributed by atoms with Gasteiger partial charge in [-0.3, -0.25) is 0 Å². The highest BCUT2D eigenvalue weighted by Gasteiger charge is 2.45. The molecule has 2 heterocycles. The number of nitrogens with one attached hydrogen (secondary N) is 1. The maximum absolute atomic E-state index is 13.8. The molecule has 3 aliphatic rings. The molecule has 214 valence electrons. The van der Waals surface area contributed by atoms with Gasteiger partial charge < -0.3 is 25.0 Å². The van der Waals surface area contributed by atoms with Crippen molar-refractivity contribution < 1.29 is 28.5 Å². The Balaban J connectivity index is 1.42. The molecule has 0 amide bonds. The molecule has 0 bridgehead atoms. The van der Waals surface area contributed by atoms with Crippen LogP contribution in [-0.4, -0.2) is 78.2 Å². The number of ether oxygens (including phenoxy) is 2. The van der Waals surface area contributed by atoms with Crippen LogP contribution in [0.25, 0.3) is 11.2 Å². The highest BCUT2D eigenvalue weighted by atomic mass is 32.2. The molecule has 3 aliphatic carbocycles. The van der Waals surface area contributed by atoms with Crippen LogP contribution in [0.1, 0.15) is 58.9 Å². The molecule has 10 nitrogen and oxygen atoms in total. The van der Waals surface area contributed by atoms with E-state index in [1.165, 1.54) is 12.2 Å². The molecule has 6 atom stereocenters. The van der Waals surface area contributed by atoms with Gasteiger partial charge in [-0.15, -0.1) is 5.10 Å². The van der Waals surface area contributed by atoms with Gasteiger partial charge >= 0.3 is 0 Å². The molecule has 2 aromatic rings. The van der Waals surface area contributed by atoms with Crippen molar-refractivity contribution in [2.45, 2.75) is 88.1 Å². The molecular formula is C26H37F2N6O4S+. The first-order valence-corrected chi connectivity index (χ1v) is 14.6. The fourth-order valence-electron chi connectivity index (χ4n) is 5.44. The minimum absolute atomic E-state index is 0.0591. The molecule has 13 heteroatoms. The van der Waals surface area contributed by atoms with E-state index < -0.39 is 17.4 Å². The minimum Gasteiger partial charge on any atom is -0.420 e. The number of thioether (sulfide) groups is 1. The zero-order chi connectivity index (χ0) is 27.7. The highest BCUT2D eigenvalue weighted by Crippen LogP contribution is 2.45. The van der Waals surface area contributed by atoms with E-state index in [4.69, 9.17) is 24.5 Å². The van der Waals surface area contributed by atoms with Gasteiger partial charge in [0.05, 0.1) is 31.5 Å². The van der Waals surface area contributed by atoms with E-state index in [-0.39, 0.29) is 49.3 Å². The smallest absolute Gasteiger partial charge is 0.267 e. The summed E-state index contributed by atoms with van der Waals surface area (Å²) in [6.07, 6.45) is 5.60. The summed E-state index contributed by atoms with van der Waals surface area (Å²) >= 11 is 1.55. The van der Waals surface area contributed by atoms with Crippen LogP contribution >= 0.6 is 11.8 Å². The molecule has 39 heavy (non-hydrogen) atoms. The van der Waals surface area contributed by atoms with E-state index in [0.717, 1.165) is 18.6 Å². The third-order valence-electron chi connectivity index (χ3n) is 7.24. The third kappa shape index (κ3) is 6.59. The number of aliphatic hydroxyl groups is 1. The Morgan fingerprint density at radius 2 is 2.05 bits per heavy atom. The first kappa shape index (κ1) is 28.3. The van der Waals surface area contributed by atoms with Crippen molar-refractivity contribution in [3.8, 4) is 0 Å². The largest absolute Gasteiger partial charge is 0.420 e. The number of allylic oxidation sites excluding steroid dienone is 4. The summed E-state index contributed by atoms with van der Waals surface area (Å²) < 4.78 is 41.0. The first-order valence-electron chi connectivity index (χ1n) is 13.6. The average molecular weight is 568 g/mol. The fraction of sp³-hybridized carbons (Fsp3) is 0.692. The van der Waals surface area contributed by atoms with E-state index in [2.05, 4.69) is 22.6 Å². The van der Waals surface area contributed by atoms with E-state index in [1.54, 1.807) is 30.3 Å². The fourth-order valence-corrected chi connectivity index (χ4v) is 6.14. The van der Waals surface area contributed by atoms with Crippen molar-refractivity contribution in [1.29, 1.82) is 0 Å². The van der Waals surface area contributed by atoms with Crippen LogP contribution in [0.15, 0.2) is 29.0 Å². The Hall–Kier alpha value is -2.19. The van der Waals surface area contributed by atoms with Gasteiger partial charge in [0, 0.05) is 32.1 Å². The van der Waals surface area contributed by atoms with Crippen molar-refractivity contribution in [2.24, 2.45) is 11.8 Å². The Bertz CT molecular complexity index is 1230. The lowest BCUT2D eigenvalue weighted by Crippen LogP contribution is -2.33. The Morgan fingerprint density at radius 3 is 2.77 bits per heavy atom. The Morgan fingerprint density at radius 1 is 1.23 bits per heavy atom. The van der Waals surface area contributed by atoms with Gasteiger partial charge in [0.1, 0.15) is 0 Å². The lowest BCUT2D eigenvalue weighted by Gasteiger charge is -2.24. The predicted octanol–water partition coefficient (Wildman–Crippen LogP) is 3.81. The van der Waals surface area contributed by atoms with E-state index in [9.17, 15) is 13.9 Å². The van der Waals surface area contributed by atoms with Gasteiger partial charge in [0.2, 0.25) is 0 Å². The number of hydrogen-bond donors (Lipinski definition) is 2. The van der Waals surface area contributed by atoms with Crippen molar-refractivity contribution in [3.63, 3.8) is 0 Å². The molecule has 0 aliphatic heterocycles. The summed E-state index contributed by atoms with van der Waals surface area (Å²) in [5.41, 5.74) is 1.10. The molecule has 1 unspecified atom stereocenters. The summed E-state index contributed by atoms with van der Waals surface area (Å²) in [5.74, 6) is -1.15. The molecule has 4 N–H and O–H groups in total. The van der Waals surface area contributed by atoms with Crippen LogP contribution in [-0.2, 0) is 9.47 Å². The summed E-state index contributed by atoms with van der Waals surface area (Å²) in [6.45, 7) is 5.64. The number of rotatable bonds is 12. The highest BCUT2D eigenvalue weighted by molar-refractivity contribution is 7.99. The Labute approximate surface area is 230 Å². The quantitative estimate of drug-likeness (QED) is 0.170. The number of halogens is 2. The second-order valence-electron chi connectivity index (χ2n) is 10.9. The van der Waals surface area contributed by atoms with Crippen LogP contribution in [0.3, 0.4) is 0 Å². The van der Waals surface area contributed by atoms with Gasteiger partial charge in [0.15, 0.2) is 33.8 Å². The maximum atomic E-state index is 13.8. The number of hydrogen-bond acceptors (Lipinski definition) is 9. The van der Waals surface area contributed by atoms with E-state index in [0.29, 0.717) is 41.4 Å². The molecule has 2 aromatic heterocycles. The van der Waals surface area contributed by atoms with Crippen LogP contribution in [0.4, 0.5) is 14.6 Å². The van der Waals surface area contributed by atoms with Gasteiger partial charge in [-0.2, -0.15) is 0 Å². The third-order valence-corrected chi connectivity index (χ3v) is 8.29. The predicted molar refractivity (Wildman–Crippen MR) is 144 cm³/mol. The topological polar surface area (TPSA) is 130 Å². The summed E-state index contributed by atoms with van der Waals surface area (Å²) in [4.78, 5) is 9.56.